The van der Waals surface area contributed by atoms with Gasteiger partial charge in [0.1, 0.15) is 5.82 Å². The highest BCUT2D eigenvalue weighted by Gasteiger charge is 2.31. The Morgan fingerprint density at radius 2 is 1.67 bits per heavy atom. The maximum absolute atomic E-state index is 13.4. The number of halogens is 3. The van der Waals surface area contributed by atoms with Gasteiger partial charge in [-0.15, -0.1) is 0 Å². The van der Waals surface area contributed by atoms with E-state index in [-0.39, 0.29) is 11.2 Å². The summed E-state index contributed by atoms with van der Waals surface area (Å²) in [4.78, 5) is 0. The highest BCUT2D eigenvalue weighted by Crippen LogP contribution is 2.37. The summed E-state index contributed by atoms with van der Waals surface area (Å²) in [7, 11) is 0. The second-order valence-electron chi connectivity index (χ2n) is 6.12. The minimum Gasteiger partial charge on any atom is -0.207 e. The first-order valence-electron chi connectivity index (χ1n) is 6.21. The number of hydrogen-bond donors (Lipinski definition) is 0. The number of alkyl halides is 2. The van der Waals surface area contributed by atoms with Gasteiger partial charge in [0.05, 0.1) is 0 Å². The molecular formula is C15H21Br2F. The fourth-order valence-electron chi connectivity index (χ4n) is 1.90. The minimum absolute atomic E-state index is 0.0324. The van der Waals surface area contributed by atoms with Crippen molar-refractivity contribution < 1.29 is 4.39 Å². The van der Waals surface area contributed by atoms with Gasteiger partial charge in [-0.05, 0) is 36.0 Å². The minimum atomic E-state index is -0.158. The second kappa shape index (κ2) is 6.51. The lowest BCUT2D eigenvalue weighted by atomic mass is 9.76. The van der Waals surface area contributed by atoms with Crippen molar-refractivity contribution in [2.45, 2.75) is 39.0 Å². The molecule has 0 spiro atoms. The first kappa shape index (κ1) is 16.2. The topological polar surface area (TPSA) is 0 Å². The fraction of sp³-hybridized carbons (Fsp3) is 0.600. The van der Waals surface area contributed by atoms with Crippen LogP contribution in [0.1, 0.15) is 39.2 Å². The summed E-state index contributed by atoms with van der Waals surface area (Å²) in [6.07, 6.45) is 2.15. The third-order valence-electron chi connectivity index (χ3n) is 3.30. The van der Waals surface area contributed by atoms with Crippen LogP contribution in [0.25, 0.3) is 0 Å². The Balaban J connectivity index is 2.99. The van der Waals surface area contributed by atoms with E-state index in [1.807, 2.05) is 6.07 Å². The van der Waals surface area contributed by atoms with Crippen LogP contribution >= 0.6 is 31.9 Å². The second-order valence-corrected chi connectivity index (χ2v) is 7.24. The molecule has 0 atom stereocenters. The molecule has 0 heterocycles. The highest BCUT2D eigenvalue weighted by molar-refractivity contribution is 9.09. The molecule has 1 aromatic carbocycles. The predicted molar refractivity (Wildman–Crippen MR) is 84.4 cm³/mol. The molecule has 0 saturated carbocycles. The zero-order chi connectivity index (χ0) is 13.8. The van der Waals surface area contributed by atoms with E-state index in [2.05, 4.69) is 52.6 Å². The Hall–Kier alpha value is 0.110. The third kappa shape index (κ3) is 4.34. The van der Waals surface area contributed by atoms with Gasteiger partial charge in [0.2, 0.25) is 0 Å². The average molecular weight is 380 g/mol. The van der Waals surface area contributed by atoms with E-state index in [9.17, 15) is 4.39 Å². The summed E-state index contributed by atoms with van der Waals surface area (Å²) in [5.74, 6) is -0.158. The van der Waals surface area contributed by atoms with Gasteiger partial charge in [0, 0.05) is 16.1 Å². The normalized spacial score (nSPS) is 12.8. The van der Waals surface area contributed by atoms with Crippen LogP contribution in [-0.2, 0) is 5.41 Å². The monoisotopic (exact) mass is 378 g/mol. The van der Waals surface area contributed by atoms with Crippen LogP contribution < -0.4 is 0 Å². The lowest BCUT2D eigenvalue weighted by molar-refractivity contribution is 0.321. The largest absolute Gasteiger partial charge is 0.207 e. The molecule has 1 aromatic rings. The Morgan fingerprint density at radius 1 is 1.06 bits per heavy atom. The maximum atomic E-state index is 13.4. The molecule has 0 aliphatic rings. The van der Waals surface area contributed by atoms with E-state index in [1.54, 1.807) is 12.1 Å². The SMILES string of the molecule is CC(C)(C)CCC(CBr)(CBr)c1cccc(F)c1. The van der Waals surface area contributed by atoms with Gasteiger partial charge in [-0.25, -0.2) is 4.39 Å². The standard InChI is InChI=1S/C15H21Br2F/c1-14(2,3)7-8-15(10-16,11-17)12-5-4-6-13(18)9-12/h4-6,9H,7-8,10-11H2,1-3H3. The third-order valence-corrected chi connectivity index (χ3v) is 5.45. The average Bonchev–Trinajstić information content (AvgIpc) is 2.30. The lowest BCUT2D eigenvalue weighted by Crippen LogP contribution is -2.31. The Bertz CT molecular complexity index is 378. The van der Waals surface area contributed by atoms with Gasteiger partial charge in [0.15, 0.2) is 0 Å². The van der Waals surface area contributed by atoms with Crippen LogP contribution in [0.5, 0.6) is 0 Å². The summed E-state index contributed by atoms with van der Waals surface area (Å²) in [5, 5.41) is 1.68. The highest BCUT2D eigenvalue weighted by atomic mass is 79.9. The van der Waals surface area contributed by atoms with E-state index in [1.165, 1.54) is 6.07 Å². The molecule has 0 radical (unpaired) electrons. The van der Waals surface area contributed by atoms with Crippen LogP contribution in [0.2, 0.25) is 0 Å². The molecule has 0 nitrogen and oxygen atoms in total. The van der Waals surface area contributed by atoms with Crippen molar-refractivity contribution in [3.63, 3.8) is 0 Å². The molecule has 0 unspecified atom stereocenters. The lowest BCUT2D eigenvalue weighted by Gasteiger charge is -2.33. The maximum Gasteiger partial charge on any atom is 0.123 e. The van der Waals surface area contributed by atoms with Gasteiger partial charge in [-0.1, -0.05) is 64.8 Å². The predicted octanol–water partition coefficient (Wildman–Crippen LogP) is 5.68. The van der Waals surface area contributed by atoms with Gasteiger partial charge < -0.3 is 0 Å². The van der Waals surface area contributed by atoms with Crippen LogP contribution in [0.4, 0.5) is 4.39 Å². The van der Waals surface area contributed by atoms with Crippen LogP contribution in [-0.4, -0.2) is 10.7 Å². The van der Waals surface area contributed by atoms with Crippen molar-refractivity contribution in [1.82, 2.24) is 0 Å². The van der Waals surface area contributed by atoms with Gasteiger partial charge >= 0.3 is 0 Å². The number of benzene rings is 1. The molecule has 0 bridgehead atoms. The quantitative estimate of drug-likeness (QED) is 0.577. The van der Waals surface area contributed by atoms with Crippen molar-refractivity contribution in [3.8, 4) is 0 Å². The molecule has 0 N–H and O–H groups in total. The van der Waals surface area contributed by atoms with Crippen LogP contribution in [0, 0.1) is 11.2 Å². The van der Waals surface area contributed by atoms with Crippen LogP contribution in [0.3, 0.4) is 0 Å². The molecule has 0 aromatic heterocycles. The van der Waals surface area contributed by atoms with E-state index < -0.39 is 0 Å². The van der Waals surface area contributed by atoms with E-state index >= 15 is 0 Å². The van der Waals surface area contributed by atoms with Crippen molar-refractivity contribution in [2.75, 3.05) is 10.7 Å². The van der Waals surface area contributed by atoms with E-state index in [4.69, 9.17) is 0 Å². The Labute approximate surface area is 127 Å². The van der Waals surface area contributed by atoms with Crippen molar-refractivity contribution in [1.29, 1.82) is 0 Å². The summed E-state index contributed by atoms with van der Waals surface area (Å²) >= 11 is 7.22. The zero-order valence-electron chi connectivity index (χ0n) is 11.3. The van der Waals surface area contributed by atoms with Gasteiger partial charge in [-0.3, -0.25) is 0 Å². The summed E-state index contributed by atoms with van der Waals surface area (Å²) in [6, 6.07) is 6.97. The molecule has 0 aliphatic carbocycles. The van der Waals surface area contributed by atoms with E-state index in [0.717, 1.165) is 29.1 Å². The molecule has 3 heteroatoms. The molecular weight excluding hydrogens is 359 g/mol. The summed E-state index contributed by atoms with van der Waals surface area (Å²) < 4.78 is 13.4. The molecule has 0 fully saturated rings. The first-order valence-corrected chi connectivity index (χ1v) is 8.45. The molecule has 0 saturated heterocycles. The van der Waals surface area contributed by atoms with Gasteiger partial charge in [-0.2, -0.15) is 0 Å². The van der Waals surface area contributed by atoms with Crippen molar-refractivity contribution in [3.05, 3.63) is 35.6 Å². The Morgan fingerprint density at radius 3 is 2.11 bits per heavy atom. The van der Waals surface area contributed by atoms with Crippen molar-refractivity contribution in [2.24, 2.45) is 5.41 Å². The molecule has 1 rings (SSSR count). The first-order chi connectivity index (χ1) is 8.33. The number of rotatable bonds is 5. The molecule has 102 valence electrons. The summed E-state index contributed by atoms with van der Waals surface area (Å²) in [6.45, 7) is 6.73. The number of hydrogen-bond acceptors (Lipinski definition) is 0. The molecule has 0 amide bonds. The van der Waals surface area contributed by atoms with Gasteiger partial charge in [0.25, 0.3) is 0 Å². The van der Waals surface area contributed by atoms with Crippen LogP contribution in [0.15, 0.2) is 24.3 Å². The van der Waals surface area contributed by atoms with E-state index in [0.29, 0.717) is 5.41 Å². The fourth-order valence-corrected chi connectivity index (χ4v) is 4.04. The Kier molecular flexibility index (Phi) is 5.85. The molecule has 0 aliphatic heterocycles. The zero-order valence-corrected chi connectivity index (χ0v) is 14.4. The smallest absolute Gasteiger partial charge is 0.123 e. The molecule has 18 heavy (non-hydrogen) atoms. The summed E-state index contributed by atoms with van der Waals surface area (Å²) in [5.41, 5.74) is 1.33. The van der Waals surface area contributed by atoms with Crippen molar-refractivity contribution >= 4 is 31.9 Å².